The van der Waals surface area contributed by atoms with E-state index >= 15 is 0 Å². The Hall–Kier alpha value is -1.43. The molecule has 2 aromatic rings. The molecule has 0 saturated carbocycles. The summed E-state index contributed by atoms with van der Waals surface area (Å²) in [6.07, 6.45) is 1.88. The molecule has 0 spiro atoms. The van der Waals surface area contributed by atoms with E-state index in [1.165, 1.54) is 17.3 Å². The van der Waals surface area contributed by atoms with Crippen molar-refractivity contribution in [1.29, 1.82) is 0 Å². The highest BCUT2D eigenvalue weighted by molar-refractivity contribution is 9.10. The van der Waals surface area contributed by atoms with Crippen molar-refractivity contribution >= 4 is 61.9 Å². The van der Waals surface area contributed by atoms with Crippen molar-refractivity contribution in [3.8, 4) is 0 Å². The first kappa shape index (κ1) is 16.4. The van der Waals surface area contributed by atoms with Gasteiger partial charge in [-0.05, 0) is 60.9 Å². The number of carbonyl (C=O) groups excluding carboxylic acids is 1. The highest BCUT2D eigenvalue weighted by atomic mass is 79.9. The predicted octanol–water partition coefficient (Wildman–Crippen LogP) is 5.47. The number of thiocarbonyl (C=S) groups is 1. The minimum Gasteiger partial charge on any atom is -0.268 e. The number of anilines is 1. The number of carbonyl (C=O) groups is 1. The summed E-state index contributed by atoms with van der Waals surface area (Å²) in [6, 6.07) is 13.8. The normalized spacial score (nSPS) is 16.5. The van der Waals surface area contributed by atoms with Crippen molar-refractivity contribution in [3.05, 3.63) is 68.5 Å². The zero-order valence-corrected chi connectivity index (χ0v) is 15.9. The molecule has 5 heteroatoms. The van der Waals surface area contributed by atoms with Gasteiger partial charge in [0.2, 0.25) is 0 Å². The summed E-state index contributed by atoms with van der Waals surface area (Å²) in [5, 5.41) is 0. The van der Waals surface area contributed by atoms with E-state index in [4.69, 9.17) is 12.2 Å². The zero-order valence-electron chi connectivity index (χ0n) is 12.7. The first-order valence-corrected chi connectivity index (χ1v) is 9.08. The quantitative estimate of drug-likeness (QED) is 0.489. The van der Waals surface area contributed by atoms with Crippen LogP contribution in [-0.4, -0.2) is 10.2 Å². The monoisotopic (exact) mass is 403 g/mol. The molecule has 3 rings (SSSR count). The second-order valence-electron chi connectivity index (χ2n) is 5.34. The zero-order chi connectivity index (χ0) is 16.6. The smallest absolute Gasteiger partial charge is 0.268 e. The number of thioether (sulfide) groups is 1. The van der Waals surface area contributed by atoms with E-state index in [1.54, 1.807) is 4.90 Å². The minimum absolute atomic E-state index is 0.0637. The van der Waals surface area contributed by atoms with Gasteiger partial charge >= 0.3 is 0 Å². The van der Waals surface area contributed by atoms with Crippen LogP contribution in [0.4, 0.5) is 5.69 Å². The lowest BCUT2D eigenvalue weighted by Gasteiger charge is -2.15. The maximum atomic E-state index is 12.7. The molecule has 0 radical (unpaired) electrons. The number of hydrogen-bond donors (Lipinski definition) is 0. The van der Waals surface area contributed by atoms with Gasteiger partial charge in [-0.1, -0.05) is 58.1 Å². The standard InChI is InChI=1S/C18H14BrNOS2/c1-11-3-8-15(9-12(11)2)20-17(21)16(23-18(20)22)10-13-4-6-14(19)7-5-13/h3-10H,1-2H3/b16-10-. The fourth-order valence-corrected chi connectivity index (χ4v) is 3.83. The molecule has 1 amide bonds. The summed E-state index contributed by atoms with van der Waals surface area (Å²) in [5.41, 5.74) is 4.15. The molecule has 1 aliphatic heterocycles. The molecule has 0 aromatic heterocycles. The first-order chi connectivity index (χ1) is 11.0. The summed E-state index contributed by atoms with van der Waals surface area (Å²) < 4.78 is 1.58. The van der Waals surface area contributed by atoms with Crippen LogP contribution >= 0.6 is 39.9 Å². The number of halogens is 1. The number of benzene rings is 2. The summed E-state index contributed by atoms with van der Waals surface area (Å²) in [5.74, 6) is -0.0637. The van der Waals surface area contributed by atoms with Gasteiger partial charge < -0.3 is 0 Å². The van der Waals surface area contributed by atoms with Crippen LogP contribution in [0.1, 0.15) is 16.7 Å². The lowest BCUT2D eigenvalue weighted by Crippen LogP contribution is -2.27. The summed E-state index contributed by atoms with van der Waals surface area (Å²) in [6.45, 7) is 4.09. The summed E-state index contributed by atoms with van der Waals surface area (Å²) in [4.78, 5) is 15.0. The Morgan fingerprint density at radius 1 is 1.09 bits per heavy atom. The lowest BCUT2D eigenvalue weighted by molar-refractivity contribution is -0.113. The van der Waals surface area contributed by atoms with Gasteiger partial charge in [-0.15, -0.1) is 0 Å². The fourth-order valence-electron chi connectivity index (χ4n) is 2.27. The Labute approximate surface area is 153 Å². The van der Waals surface area contributed by atoms with Gasteiger partial charge in [-0.25, -0.2) is 0 Å². The number of nitrogens with zero attached hydrogens (tertiary/aromatic N) is 1. The molecule has 1 aliphatic rings. The molecular formula is C18H14BrNOS2. The average molecular weight is 404 g/mol. The van der Waals surface area contributed by atoms with Gasteiger partial charge in [0, 0.05) is 4.47 Å². The van der Waals surface area contributed by atoms with E-state index in [-0.39, 0.29) is 5.91 Å². The minimum atomic E-state index is -0.0637. The number of hydrogen-bond acceptors (Lipinski definition) is 3. The van der Waals surface area contributed by atoms with E-state index < -0.39 is 0 Å². The molecule has 1 fully saturated rings. The Kier molecular flexibility index (Phi) is 4.71. The Balaban J connectivity index is 1.93. The lowest BCUT2D eigenvalue weighted by atomic mass is 10.1. The van der Waals surface area contributed by atoms with Gasteiger partial charge in [0.25, 0.3) is 5.91 Å². The van der Waals surface area contributed by atoms with Crippen LogP contribution in [0, 0.1) is 13.8 Å². The third-order valence-electron chi connectivity index (χ3n) is 3.71. The number of aryl methyl sites for hydroxylation is 2. The highest BCUT2D eigenvalue weighted by Crippen LogP contribution is 2.36. The molecule has 0 aliphatic carbocycles. The van der Waals surface area contributed by atoms with E-state index in [0.29, 0.717) is 9.23 Å². The fraction of sp³-hybridized carbons (Fsp3) is 0.111. The van der Waals surface area contributed by atoms with Crippen molar-refractivity contribution in [1.82, 2.24) is 0 Å². The molecule has 1 heterocycles. The van der Waals surface area contributed by atoms with Crippen LogP contribution in [0.5, 0.6) is 0 Å². The van der Waals surface area contributed by atoms with E-state index in [2.05, 4.69) is 22.9 Å². The Morgan fingerprint density at radius 3 is 2.43 bits per heavy atom. The Morgan fingerprint density at radius 2 is 1.78 bits per heavy atom. The van der Waals surface area contributed by atoms with Crippen molar-refractivity contribution in [3.63, 3.8) is 0 Å². The van der Waals surface area contributed by atoms with Gasteiger partial charge in [0.15, 0.2) is 4.32 Å². The summed E-state index contributed by atoms with van der Waals surface area (Å²) >= 11 is 10.2. The molecule has 0 unspecified atom stereocenters. The second-order valence-corrected chi connectivity index (χ2v) is 7.93. The molecule has 2 nitrogen and oxygen atoms in total. The topological polar surface area (TPSA) is 20.3 Å². The van der Waals surface area contributed by atoms with E-state index in [1.807, 2.05) is 55.5 Å². The van der Waals surface area contributed by atoms with Crippen molar-refractivity contribution in [2.45, 2.75) is 13.8 Å². The SMILES string of the molecule is Cc1ccc(N2C(=O)/C(=C/c3ccc(Br)cc3)SC2=S)cc1C. The maximum Gasteiger partial charge on any atom is 0.270 e. The van der Waals surface area contributed by atoms with Crippen molar-refractivity contribution in [2.75, 3.05) is 4.90 Å². The molecule has 23 heavy (non-hydrogen) atoms. The molecule has 116 valence electrons. The van der Waals surface area contributed by atoms with E-state index in [9.17, 15) is 4.79 Å². The number of rotatable bonds is 2. The highest BCUT2D eigenvalue weighted by Gasteiger charge is 2.33. The molecule has 2 aromatic carbocycles. The van der Waals surface area contributed by atoms with Crippen LogP contribution in [0.3, 0.4) is 0 Å². The third-order valence-corrected chi connectivity index (χ3v) is 5.54. The summed E-state index contributed by atoms with van der Waals surface area (Å²) in [7, 11) is 0. The van der Waals surface area contributed by atoms with Gasteiger partial charge in [0.05, 0.1) is 10.6 Å². The van der Waals surface area contributed by atoms with Crippen LogP contribution in [-0.2, 0) is 4.79 Å². The molecule has 0 bridgehead atoms. The van der Waals surface area contributed by atoms with Gasteiger partial charge in [-0.3, -0.25) is 9.69 Å². The van der Waals surface area contributed by atoms with Gasteiger partial charge in [-0.2, -0.15) is 0 Å². The van der Waals surface area contributed by atoms with Crippen molar-refractivity contribution < 1.29 is 4.79 Å². The molecule has 0 atom stereocenters. The van der Waals surface area contributed by atoms with Crippen LogP contribution < -0.4 is 4.90 Å². The van der Waals surface area contributed by atoms with Crippen LogP contribution in [0.15, 0.2) is 51.8 Å². The number of amides is 1. The third kappa shape index (κ3) is 3.42. The molecule has 0 N–H and O–H groups in total. The van der Waals surface area contributed by atoms with Crippen LogP contribution in [0.25, 0.3) is 6.08 Å². The van der Waals surface area contributed by atoms with Gasteiger partial charge in [0.1, 0.15) is 0 Å². The second kappa shape index (κ2) is 6.59. The maximum absolute atomic E-state index is 12.7. The van der Waals surface area contributed by atoms with Crippen molar-refractivity contribution in [2.24, 2.45) is 0 Å². The van der Waals surface area contributed by atoms with Crippen LogP contribution in [0.2, 0.25) is 0 Å². The predicted molar refractivity (Wildman–Crippen MR) is 106 cm³/mol. The van der Waals surface area contributed by atoms with E-state index in [0.717, 1.165) is 21.3 Å². The largest absolute Gasteiger partial charge is 0.270 e. The first-order valence-electron chi connectivity index (χ1n) is 7.06. The molecule has 1 saturated heterocycles. The molecular weight excluding hydrogens is 390 g/mol. The Bertz CT molecular complexity index is 827. The average Bonchev–Trinajstić information content (AvgIpc) is 2.79.